The summed E-state index contributed by atoms with van der Waals surface area (Å²) >= 11 is 0. The third-order valence-electron chi connectivity index (χ3n) is 13.3. The number of para-hydroxylation sites is 3. The largest absolute Gasteiger partial charge is 0.455 e. The zero-order chi connectivity index (χ0) is 40.8. The standard InChI is InChI=1S/C59H38N2O/c1-3-18-39(19-4-1)59(40-20-5-2-6-21-40)50-28-13-9-27-48(50)57-51(59)29-17-32-54(57)61(55-38-49-46-25-12-16-33-56(46)62-58(49)47-26-8-7-24-45(47)55)42-36-34-41(35-37-42)60-52-30-14-10-22-43(52)44-23-11-15-31-53(44)60/h1-38H. The molecule has 0 spiro atoms. The lowest BCUT2D eigenvalue weighted by molar-refractivity contribution is 0.672. The van der Waals surface area contributed by atoms with Gasteiger partial charge in [-0.25, -0.2) is 0 Å². The van der Waals surface area contributed by atoms with Crippen molar-refractivity contribution in [3.05, 3.63) is 253 Å². The molecule has 13 rings (SSSR count). The average Bonchev–Trinajstić information content (AvgIpc) is 4.00. The van der Waals surface area contributed by atoms with Gasteiger partial charge in [0.05, 0.1) is 27.8 Å². The summed E-state index contributed by atoms with van der Waals surface area (Å²) in [6, 6.07) is 84.1. The second kappa shape index (κ2) is 13.4. The highest BCUT2D eigenvalue weighted by molar-refractivity contribution is 6.20. The van der Waals surface area contributed by atoms with Gasteiger partial charge in [-0.15, -0.1) is 0 Å². The van der Waals surface area contributed by atoms with E-state index in [0.29, 0.717) is 0 Å². The summed E-state index contributed by atoms with van der Waals surface area (Å²) in [5, 5.41) is 6.90. The molecular formula is C59H38N2O. The molecule has 0 bridgehead atoms. The van der Waals surface area contributed by atoms with Crippen molar-refractivity contribution in [2.24, 2.45) is 0 Å². The van der Waals surface area contributed by atoms with Gasteiger partial charge >= 0.3 is 0 Å². The van der Waals surface area contributed by atoms with Gasteiger partial charge in [0.15, 0.2) is 0 Å². The Morgan fingerprint density at radius 2 is 0.935 bits per heavy atom. The van der Waals surface area contributed by atoms with E-state index in [1.54, 1.807) is 0 Å². The number of anilines is 3. The first-order valence-electron chi connectivity index (χ1n) is 21.4. The summed E-state index contributed by atoms with van der Waals surface area (Å²) < 4.78 is 9.05. The van der Waals surface area contributed by atoms with Crippen LogP contribution in [0.15, 0.2) is 235 Å². The fourth-order valence-electron chi connectivity index (χ4n) is 10.7. The predicted octanol–water partition coefficient (Wildman–Crippen LogP) is 15.7. The number of fused-ring (bicyclic) bond motifs is 11. The van der Waals surface area contributed by atoms with Crippen LogP contribution in [0.5, 0.6) is 0 Å². The summed E-state index contributed by atoms with van der Waals surface area (Å²) in [7, 11) is 0. The van der Waals surface area contributed by atoms with Gasteiger partial charge in [0.1, 0.15) is 11.2 Å². The van der Waals surface area contributed by atoms with Crippen LogP contribution in [0.3, 0.4) is 0 Å². The van der Waals surface area contributed by atoms with E-state index in [2.05, 4.69) is 240 Å². The molecule has 0 aliphatic heterocycles. The van der Waals surface area contributed by atoms with Gasteiger partial charge < -0.3 is 13.9 Å². The highest BCUT2D eigenvalue weighted by atomic mass is 16.3. The van der Waals surface area contributed by atoms with Gasteiger partial charge in [0.25, 0.3) is 0 Å². The van der Waals surface area contributed by atoms with Crippen LogP contribution < -0.4 is 4.90 Å². The number of aromatic nitrogens is 1. The maximum atomic E-state index is 6.66. The first-order chi connectivity index (χ1) is 30.8. The molecule has 0 radical (unpaired) electrons. The van der Waals surface area contributed by atoms with Gasteiger partial charge in [-0.2, -0.15) is 0 Å². The quantitative estimate of drug-likeness (QED) is 0.167. The molecule has 0 unspecified atom stereocenters. The predicted molar refractivity (Wildman–Crippen MR) is 258 cm³/mol. The van der Waals surface area contributed by atoms with E-state index >= 15 is 0 Å². The third-order valence-corrected chi connectivity index (χ3v) is 13.3. The van der Waals surface area contributed by atoms with E-state index in [0.717, 1.165) is 55.5 Å². The molecule has 0 saturated heterocycles. The van der Waals surface area contributed by atoms with Crippen LogP contribution in [0.2, 0.25) is 0 Å². The molecule has 12 aromatic rings. The smallest absolute Gasteiger partial charge is 0.143 e. The minimum Gasteiger partial charge on any atom is -0.455 e. The number of hydrogen-bond donors (Lipinski definition) is 0. The first kappa shape index (κ1) is 34.7. The Bertz CT molecular complexity index is 3600. The van der Waals surface area contributed by atoms with E-state index in [1.165, 1.54) is 55.2 Å². The minimum atomic E-state index is -0.538. The molecule has 2 aromatic heterocycles. The number of furan rings is 1. The van der Waals surface area contributed by atoms with Crippen LogP contribution in [0.4, 0.5) is 17.1 Å². The van der Waals surface area contributed by atoms with Crippen LogP contribution >= 0.6 is 0 Å². The lowest BCUT2D eigenvalue weighted by atomic mass is 9.68. The number of benzene rings is 10. The SMILES string of the molecule is c1ccc(C2(c3ccccc3)c3ccccc3-c3c(N(c4ccc(-n5c6ccccc6c6ccccc65)cc4)c4cc5c6ccccc6oc5c5ccccc45)cccc32)cc1. The molecule has 3 nitrogen and oxygen atoms in total. The van der Waals surface area contributed by atoms with Crippen molar-refractivity contribution in [2.75, 3.05) is 4.90 Å². The van der Waals surface area contributed by atoms with E-state index < -0.39 is 5.41 Å². The zero-order valence-corrected chi connectivity index (χ0v) is 33.7. The van der Waals surface area contributed by atoms with Crippen LogP contribution in [0, 0.1) is 0 Å². The summed E-state index contributed by atoms with van der Waals surface area (Å²) in [5.41, 5.74) is 15.5. The lowest BCUT2D eigenvalue weighted by Crippen LogP contribution is -2.28. The Morgan fingerprint density at radius 3 is 1.63 bits per heavy atom. The molecule has 2 heterocycles. The fourth-order valence-corrected chi connectivity index (χ4v) is 10.7. The maximum Gasteiger partial charge on any atom is 0.143 e. The van der Waals surface area contributed by atoms with Gasteiger partial charge in [-0.3, -0.25) is 0 Å². The van der Waals surface area contributed by atoms with Crippen LogP contribution in [0.25, 0.3) is 71.3 Å². The van der Waals surface area contributed by atoms with E-state index in [-0.39, 0.29) is 0 Å². The molecule has 290 valence electrons. The normalized spacial score (nSPS) is 13.0. The van der Waals surface area contributed by atoms with Crippen molar-refractivity contribution in [1.29, 1.82) is 0 Å². The Hall–Kier alpha value is -8.14. The van der Waals surface area contributed by atoms with E-state index in [4.69, 9.17) is 4.42 Å². The topological polar surface area (TPSA) is 21.3 Å². The summed E-state index contributed by atoms with van der Waals surface area (Å²) in [5.74, 6) is 0. The van der Waals surface area contributed by atoms with Gasteiger partial charge in [-0.05, 0) is 82.4 Å². The van der Waals surface area contributed by atoms with Crippen molar-refractivity contribution in [3.63, 3.8) is 0 Å². The van der Waals surface area contributed by atoms with Crippen molar-refractivity contribution in [3.8, 4) is 16.8 Å². The Kier molecular flexibility index (Phi) is 7.52. The van der Waals surface area contributed by atoms with E-state index in [1.807, 2.05) is 0 Å². The first-order valence-corrected chi connectivity index (χ1v) is 21.4. The number of hydrogen-bond acceptors (Lipinski definition) is 2. The molecule has 10 aromatic carbocycles. The van der Waals surface area contributed by atoms with Gasteiger partial charge in [-0.1, -0.05) is 176 Å². The van der Waals surface area contributed by atoms with Crippen molar-refractivity contribution >= 4 is 71.6 Å². The van der Waals surface area contributed by atoms with Crippen molar-refractivity contribution < 1.29 is 4.42 Å². The maximum absolute atomic E-state index is 6.66. The Morgan fingerprint density at radius 1 is 0.387 bits per heavy atom. The lowest BCUT2D eigenvalue weighted by Gasteiger charge is -2.34. The van der Waals surface area contributed by atoms with Gasteiger partial charge in [0, 0.05) is 49.3 Å². The van der Waals surface area contributed by atoms with Gasteiger partial charge in [0.2, 0.25) is 0 Å². The molecule has 1 aliphatic carbocycles. The Labute approximate surface area is 359 Å². The number of rotatable bonds is 6. The fraction of sp³-hybridized carbons (Fsp3) is 0.0169. The average molecular weight is 791 g/mol. The zero-order valence-electron chi connectivity index (χ0n) is 33.7. The molecule has 0 atom stereocenters. The minimum absolute atomic E-state index is 0.538. The second-order valence-corrected chi connectivity index (χ2v) is 16.4. The highest BCUT2D eigenvalue weighted by Gasteiger charge is 2.47. The monoisotopic (exact) mass is 790 g/mol. The van der Waals surface area contributed by atoms with Crippen LogP contribution in [0.1, 0.15) is 22.3 Å². The summed E-state index contributed by atoms with van der Waals surface area (Å²) in [6.07, 6.45) is 0. The summed E-state index contributed by atoms with van der Waals surface area (Å²) in [4.78, 5) is 2.50. The second-order valence-electron chi connectivity index (χ2n) is 16.4. The van der Waals surface area contributed by atoms with Crippen LogP contribution in [-0.2, 0) is 5.41 Å². The molecule has 3 heteroatoms. The molecule has 1 aliphatic rings. The molecule has 62 heavy (non-hydrogen) atoms. The van der Waals surface area contributed by atoms with Crippen LogP contribution in [-0.4, -0.2) is 4.57 Å². The van der Waals surface area contributed by atoms with Crippen molar-refractivity contribution in [1.82, 2.24) is 4.57 Å². The molecule has 0 amide bonds. The Balaban J connectivity index is 1.12. The molecule has 0 saturated carbocycles. The summed E-state index contributed by atoms with van der Waals surface area (Å²) in [6.45, 7) is 0. The molecule has 0 N–H and O–H groups in total. The molecule has 0 fully saturated rings. The third kappa shape index (κ3) is 4.82. The number of nitrogens with zero attached hydrogens (tertiary/aromatic N) is 2. The molecular weight excluding hydrogens is 753 g/mol. The van der Waals surface area contributed by atoms with E-state index in [9.17, 15) is 0 Å². The van der Waals surface area contributed by atoms with Crippen molar-refractivity contribution in [2.45, 2.75) is 5.41 Å². The highest BCUT2D eigenvalue weighted by Crippen LogP contribution is 2.60.